The standard InChI is InChI=1S/C26H28FN3O4S2.C2H6/c1-5-6-7-8-10-17-15-35-22-21(17)23(32)30(19-12-9-11-18(27)13-19)24(29-22)36-16-20(31)14-28-25(33)34-26(2,3)4;1-2/h5-9,11-13,15H,10,14,16H2,1-4H3,(H,28,33);1-2H3/b6-5-,8-7-;. The Labute approximate surface area is 230 Å². The van der Waals surface area contributed by atoms with Crippen LogP contribution in [0.4, 0.5) is 9.18 Å². The van der Waals surface area contributed by atoms with Gasteiger partial charge in [0.2, 0.25) is 0 Å². The molecule has 38 heavy (non-hydrogen) atoms. The number of benzene rings is 1. The molecule has 204 valence electrons. The van der Waals surface area contributed by atoms with Gasteiger partial charge in [0.25, 0.3) is 5.56 Å². The summed E-state index contributed by atoms with van der Waals surface area (Å²) in [5, 5.41) is 5.05. The summed E-state index contributed by atoms with van der Waals surface area (Å²) in [5.74, 6) is -0.826. The van der Waals surface area contributed by atoms with Crippen molar-refractivity contribution in [1.82, 2.24) is 14.9 Å². The van der Waals surface area contributed by atoms with Gasteiger partial charge in [-0.1, -0.05) is 56.0 Å². The van der Waals surface area contributed by atoms with Gasteiger partial charge in [-0.3, -0.25) is 14.2 Å². The van der Waals surface area contributed by atoms with E-state index in [1.165, 1.54) is 34.1 Å². The predicted octanol–water partition coefficient (Wildman–Crippen LogP) is 6.47. The fraction of sp³-hybridized carbons (Fsp3) is 0.357. The Morgan fingerprint density at radius 2 is 1.97 bits per heavy atom. The third kappa shape index (κ3) is 8.95. The number of rotatable bonds is 9. The van der Waals surface area contributed by atoms with Gasteiger partial charge in [-0.2, -0.15) is 0 Å². The SMILES string of the molecule is C/C=C\C=C/Cc1csc2nc(SCC(=O)CNC(=O)OC(C)(C)C)n(-c3cccc(F)c3)c(=O)c12.CC. The highest BCUT2D eigenvalue weighted by molar-refractivity contribution is 7.99. The number of halogens is 1. The second-order valence-corrected chi connectivity index (χ2v) is 10.6. The molecule has 1 N–H and O–H groups in total. The fourth-order valence-electron chi connectivity index (χ4n) is 3.18. The number of fused-ring (bicyclic) bond motifs is 1. The Balaban J connectivity index is 0.00000247. The minimum Gasteiger partial charge on any atom is -0.444 e. The van der Waals surface area contributed by atoms with Crippen molar-refractivity contribution in [3.63, 3.8) is 0 Å². The minimum atomic E-state index is -0.688. The summed E-state index contributed by atoms with van der Waals surface area (Å²) in [6, 6.07) is 5.68. The van der Waals surface area contributed by atoms with Crippen LogP contribution in [0.1, 0.15) is 47.1 Å². The van der Waals surface area contributed by atoms with Gasteiger partial charge in [0.05, 0.1) is 23.4 Å². The Kier molecular flexibility index (Phi) is 11.9. The molecular formula is C28H34FN3O4S2. The van der Waals surface area contributed by atoms with Crippen LogP contribution in [0.25, 0.3) is 15.9 Å². The number of aromatic nitrogens is 2. The Bertz CT molecular complexity index is 1370. The summed E-state index contributed by atoms with van der Waals surface area (Å²) in [7, 11) is 0. The van der Waals surface area contributed by atoms with E-state index >= 15 is 0 Å². The van der Waals surface area contributed by atoms with Crippen molar-refractivity contribution in [3.05, 3.63) is 75.7 Å². The molecule has 1 amide bonds. The van der Waals surface area contributed by atoms with Crippen LogP contribution >= 0.6 is 23.1 Å². The maximum Gasteiger partial charge on any atom is 0.408 e. The van der Waals surface area contributed by atoms with E-state index in [0.29, 0.717) is 22.3 Å². The molecule has 3 rings (SSSR count). The molecule has 0 radical (unpaired) electrons. The zero-order valence-electron chi connectivity index (χ0n) is 22.5. The molecule has 0 fully saturated rings. The van der Waals surface area contributed by atoms with Crippen molar-refractivity contribution >= 4 is 45.2 Å². The molecular weight excluding hydrogens is 525 g/mol. The minimum absolute atomic E-state index is 0.0482. The highest BCUT2D eigenvalue weighted by Gasteiger charge is 2.20. The van der Waals surface area contributed by atoms with Gasteiger partial charge in [0, 0.05) is 0 Å². The molecule has 7 nitrogen and oxygen atoms in total. The zero-order chi connectivity index (χ0) is 28.3. The van der Waals surface area contributed by atoms with E-state index in [-0.39, 0.29) is 28.8 Å². The van der Waals surface area contributed by atoms with Gasteiger partial charge in [0.1, 0.15) is 16.2 Å². The largest absolute Gasteiger partial charge is 0.444 e. The number of thiophene rings is 1. The highest BCUT2D eigenvalue weighted by atomic mass is 32.2. The van der Waals surface area contributed by atoms with Crippen LogP contribution in [0, 0.1) is 5.82 Å². The monoisotopic (exact) mass is 559 g/mol. The molecule has 0 spiro atoms. The van der Waals surface area contributed by atoms with Gasteiger partial charge in [0.15, 0.2) is 10.9 Å². The first-order chi connectivity index (χ1) is 18.1. The first-order valence-electron chi connectivity index (χ1n) is 12.3. The second-order valence-electron chi connectivity index (χ2n) is 8.80. The number of hydrogen-bond donors (Lipinski definition) is 1. The van der Waals surface area contributed by atoms with Crippen molar-refractivity contribution in [2.45, 2.75) is 58.7 Å². The van der Waals surface area contributed by atoms with Gasteiger partial charge < -0.3 is 10.1 Å². The number of Topliss-reactive ketones (excluding diaryl/α,β-unsaturated/α-hetero) is 1. The summed E-state index contributed by atoms with van der Waals surface area (Å²) in [6.07, 6.45) is 7.53. The zero-order valence-corrected chi connectivity index (χ0v) is 24.2. The second kappa shape index (κ2) is 14.6. The molecule has 0 saturated carbocycles. The summed E-state index contributed by atoms with van der Waals surface area (Å²) in [5.41, 5.74) is 0.137. The van der Waals surface area contributed by atoms with Crippen LogP contribution < -0.4 is 10.9 Å². The number of alkyl carbamates (subject to hydrolysis) is 1. The van der Waals surface area contributed by atoms with E-state index in [2.05, 4.69) is 10.3 Å². The number of hydrogen-bond acceptors (Lipinski definition) is 7. The van der Waals surface area contributed by atoms with Crippen molar-refractivity contribution in [2.75, 3.05) is 12.3 Å². The lowest BCUT2D eigenvalue weighted by Crippen LogP contribution is -2.36. The van der Waals surface area contributed by atoms with Crippen LogP contribution in [-0.4, -0.2) is 39.3 Å². The van der Waals surface area contributed by atoms with Crippen LogP contribution in [0.3, 0.4) is 0 Å². The number of carbonyl (C=O) groups excluding carboxylic acids is 2. The molecule has 10 heteroatoms. The topological polar surface area (TPSA) is 90.3 Å². The van der Waals surface area contributed by atoms with Gasteiger partial charge in [-0.15, -0.1) is 11.3 Å². The Hall–Kier alpha value is -3.24. The van der Waals surface area contributed by atoms with Gasteiger partial charge in [-0.05, 0) is 63.3 Å². The number of thioether (sulfide) groups is 1. The van der Waals surface area contributed by atoms with E-state index in [1.54, 1.807) is 26.8 Å². The van der Waals surface area contributed by atoms with Crippen molar-refractivity contribution < 1.29 is 18.7 Å². The average Bonchev–Trinajstić information content (AvgIpc) is 3.27. The van der Waals surface area contributed by atoms with Crippen LogP contribution in [0.5, 0.6) is 0 Å². The molecule has 0 aliphatic heterocycles. The highest BCUT2D eigenvalue weighted by Crippen LogP contribution is 2.27. The summed E-state index contributed by atoms with van der Waals surface area (Å²) >= 11 is 2.40. The third-order valence-corrected chi connectivity index (χ3v) is 6.61. The van der Waals surface area contributed by atoms with E-state index < -0.39 is 17.5 Å². The molecule has 0 unspecified atom stereocenters. The smallest absolute Gasteiger partial charge is 0.408 e. The lowest BCUT2D eigenvalue weighted by atomic mass is 10.1. The van der Waals surface area contributed by atoms with E-state index in [9.17, 15) is 18.8 Å². The number of ketones is 1. The molecule has 0 aliphatic carbocycles. The average molecular weight is 560 g/mol. The molecule has 1 aromatic carbocycles. The number of nitrogens with one attached hydrogen (secondary N) is 1. The first-order valence-corrected chi connectivity index (χ1v) is 14.1. The fourth-order valence-corrected chi connectivity index (χ4v) is 5.05. The van der Waals surface area contributed by atoms with E-state index in [1.807, 2.05) is 50.5 Å². The first kappa shape index (κ1) is 31.0. The van der Waals surface area contributed by atoms with E-state index in [4.69, 9.17) is 4.74 Å². The molecule has 0 atom stereocenters. The number of nitrogens with zero attached hydrogens (tertiary/aromatic N) is 2. The predicted molar refractivity (Wildman–Crippen MR) is 154 cm³/mol. The molecule has 0 saturated heterocycles. The lowest BCUT2D eigenvalue weighted by Gasteiger charge is -2.19. The number of allylic oxidation sites excluding steroid dienone is 4. The maximum absolute atomic E-state index is 14.0. The van der Waals surface area contributed by atoms with Crippen molar-refractivity contribution in [3.8, 4) is 5.69 Å². The number of carbonyl (C=O) groups is 2. The lowest BCUT2D eigenvalue weighted by molar-refractivity contribution is -0.115. The Morgan fingerprint density at radius 1 is 1.24 bits per heavy atom. The molecule has 3 aromatic rings. The summed E-state index contributed by atoms with van der Waals surface area (Å²) < 4.78 is 20.5. The third-order valence-electron chi connectivity index (χ3n) is 4.69. The molecule has 0 bridgehead atoms. The van der Waals surface area contributed by atoms with E-state index in [0.717, 1.165) is 17.3 Å². The van der Waals surface area contributed by atoms with Gasteiger partial charge in [-0.25, -0.2) is 14.2 Å². The number of ether oxygens (including phenoxy) is 1. The van der Waals surface area contributed by atoms with Crippen molar-refractivity contribution in [2.24, 2.45) is 0 Å². The molecule has 2 heterocycles. The van der Waals surface area contributed by atoms with Gasteiger partial charge >= 0.3 is 6.09 Å². The normalized spacial score (nSPS) is 11.6. The maximum atomic E-state index is 14.0. The van der Waals surface area contributed by atoms with Crippen molar-refractivity contribution in [1.29, 1.82) is 0 Å². The summed E-state index contributed by atoms with van der Waals surface area (Å²) in [4.78, 5) is 43.1. The van der Waals surface area contributed by atoms with Crippen LogP contribution in [-0.2, 0) is 16.0 Å². The summed E-state index contributed by atoms with van der Waals surface area (Å²) in [6.45, 7) is 10.9. The number of amides is 1. The quantitative estimate of drug-likeness (QED) is 0.184. The molecule has 0 aliphatic rings. The Morgan fingerprint density at radius 3 is 2.63 bits per heavy atom. The molecule has 2 aromatic heterocycles. The van der Waals surface area contributed by atoms with Crippen LogP contribution in [0.2, 0.25) is 0 Å². The van der Waals surface area contributed by atoms with Crippen LogP contribution in [0.15, 0.2) is 63.9 Å².